The quantitative estimate of drug-likeness (QED) is 0.755. The second-order valence-electron chi connectivity index (χ2n) is 6.03. The first-order valence-electron chi connectivity index (χ1n) is 7.59. The molecule has 3 unspecified atom stereocenters. The molecule has 0 bridgehead atoms. The summed E-state index contributed by atoms with van der Waals surface area (Å²) >= 11 is 0. The first kappa shape index (κ1) is 14.3. The van der Waals surface area contributed by atoms with Gasteiger partial charge in [-0.1, -0.05) is 18.2 Å². The van der Waals surface area contributed by atoms with Gasteiger partial charge in [0.05, 0.1) is 17.3 Å². The number of anilines is 1. The Morgan fingerprint density at radius 3 is 2.74 bits per heavy atom. The molecule has 0 spiro atoms. The number of benzene rings is 1. The number of alkyl halides is 3. The second kappa shape index (κ2) is 5.11. The summed E-state index contributed by atoms with van der Waals surface area (Å²) in [6.45, 7) is 0. The molecule has 4 rings (SSSR count). The number of fused-ring (bicyclic) bond motifs is 3. The fraction of sp³-hybridized carbons (Fsp3) is 0.278. The minimum Gasteiger partial charge on any atom is -0.376 e. The van der Waals surface area contributed by atoms with Gasteiger partial charge in [0.15, 0.2) is 0 Å². The molecule has 2 nitrogen and oxygen atoms in total. The molecule has 0 radical (unpaired) electrons. The van der Waals surface area contributed by atoms with E-state index in [0.717, 1.165) is 29.4 Å². The molecule has 3 atom stereocenters. The minimum absolute atomic E-state index is 0.000515. The Labute approximate surface area is 132 Å². The van der Waals surface area contributed by atoms with E-state index in [1.54, 1.807) is 6.20 Å². The van der Waals surface area contributed by atoms with Crippen LogP contribution in [-0.4, -0.2) is 4.98 Å². The molecule has 2 heterocycles. The van der Waals surface area contributed by atoms with Crippen molar-refractivity contribution in [1.82, 2.24) is 4.98 Å². The van der Waals surface area contributed by atoms with Gasteiger partial charge in [0.1, 0.15) is 0 Å². The number of pyridine rings is 1. The third-order valence-corrected chi connectivity index (χ3v) is 4.70. The van der Waals surface area contributed by atoms with Gasteiger partial charge in [-0.2, -0.15) is 13.2 Å². The first-order chi connectivity index (χ1) is 11.0. The van der Waals surface area contributed by atoms with Crippen LogP contribution < -0.4 is 5.32 Å². The zero-order valence-electron chi connectivity index (χ0n) is 12.2. The lowest BCUT2D eigenvalue weighted by atomic mass is 9.77. The number of hydrogen-bond acceptors (Lipinski definition) is 2. The summed E-state index contributed by atoms with van der Waals surface area (Å²) in [5, 5.41) is 3.39. The lowest BCUT2D eigenvalue weighted by molar-refractivity contribution is -0.137. The molecule has 0 amide bonds. The smallest absolute Gasteiger partial charge is 0.376 e. The SMILES string of the molecule is FC(F)(F)c1ccc2c(c1)C1C=CCC1C(c1ccccn1)N2. The molecule has 1 aliphatic heterocycles. The van der Waals surface area contributed by atoms with Gasteiger partial charge in [0, 0.05) is 17.8 Å². The molecule has 23 heavy (non-hydrogen) atoms. The van der Waals surface area contributed by atoms with Gasteiger partial charge in [-0.05, 0) is 48.2 Å². The summed E-state index contributed by atoms with van der Waals surface area (Å²) in [4.78, 5) is 4.42. The standard InChI is InChI=1S/C18H15F3N2/c19-18(20,21)11-7-8-15-14(10-11)12-4-3-5-13(12)17(23-15)16-6-1-2-9-22-16/h1-4,6-10,12-13,17,23H,5H2. The van der Waals surface area contributed by atoms with Crippen LogP contribution in [0.15, 0.2) is 54.7 Å². The van der Waals surface area contributed by atoms with Crippen LogP contribution in [0.4, 0.5) is 18.9 Å². The van der Waals surface area contributed by atoms with Gasteiger partial charge >= 0.3 is 6.18 Å². The summed E-state index contributed by atoms with van der Waals surface area (Å²) < 4.78 is 39.0. The Kier molecular flexibility index (Phi) is 3.18. The highest BCUT2D eigenvalue weighted by atomic mass is 19.4. The molecule has 1 N–H and O–H groups in total. The monoisotopic (exact) mass is 316 g/mol. The van der Waals surface area contributed by atoms with Gasteiger partial charge < -0.3 is 5.32 Å². The Bertz CT molecular complexity index is 753. The molecule has 0 saturated heterocycles. The van der Waals surface area contributed by atoms with Crippen molar-refractivity contribution in [3.05, 3.63) is 71.6 Å². The van der Waals surface area contributed by atoms with Crippen LogP contribution in [0, 0.1) is 5.92 Å². The van der Waals surface area contributed by atoms with Crippen LogP contribution >= 0.6 is 0 Å². The van der Waals surface area contributed by atoms with Crippen molar-refractivity contribution < 1.29 is 13.2 Å². The maximum absolute atomic E-state index is 13.0. The Morgan fingerprint density at radius 2 is 2.00 bits per heavy atom. The van der Waals surface area contributed by atoms with Gasteiger partial charge in [-0.25, -0.2) is 0 Å². The van der Waals surface area contributed by atoms with E-state index in [-0.39, 0.29) is 17.9 Å². The van der Waals surface area contributed by atoms with Crippen molar-refractivity contribution >= 4 is 5.69 Å². The molecule has 0 fully saturated rings. The summed E-state index contributed by atoms with van der Waals surface area (Å²) in [5.74, 6) is 0.196. The van der Waals surface area contributed by atoms with E-state index < -0.39 is 11.7 Å². The summed E-state index contributed by atoms with van der Waals surface area (Å²) in [7, 11) is 0. The van der Waals surface area contributed by atoms with E-state index >= 15 is 0 Å². The van der Waals surface area contributed by atoms with E-state index in [4.69, 9.17) is 0 Å². The molecule has 118 valence electrons. The maximum Gasteiger partial charge on any atom is 0.416 e. The number of nitrogens with zero attached hydrogens (tertiary/aromatic N) is 1. The van der Waals surface area contributed by atoms with Crippen molar-refractivity contribution in [2.45, 2.75) is 24.6 Å². The van der Waals surface area contributed by atoms with E-state index in [2.05, 4.69) is 16.4 Å². The topological polar surface area (TPSA) is 24.9 Å². The molecule has 1 aromatic carbocycles. The number of hydrogen-bond donors (Lipinski definition) is 1. The van der Waals surface area contributed by atoms with E-state index in [1.165, 1.54) is 12.1 Å². The first-order valence-corrected chi connectivity index (χ1v) is 7.59. The van der Waals surface area contributed by atoms with Crippen LogP contribution in [0.2, 0.25) is 0 Å². The van der Waals surface area contributed by atoms with Crippen molar-refractivity contribution in [2.75, 3.05) is 5.32 Å². The minimum atomic E-state index is -4.31. The number of halogens is 3. The highest BCUT2D eigenvalue weighted by molar-refractivity contribution is 5.60. The van der Waals surface area contributed by atoms with Crippen LogP contribution in [-0.2, 0) is 6.18 Å². The van der Waals surface area contributed by atoms with Crippen LogP contribution in [0.1, 0.15) is 35.2 Å². The lowest BCUT2D eigenvalue weighted by Crippen LogP contribution is -2.30. The molecular weight excluding hydrogens is 301 g/mol. The zero-order chi connectivity index (χ0) is 16.0. The molecule has 0 saturated carbocycles. The van der Waals surface area contributed by atoms with Gasteiger partial charge in [0.2, 0.25) is 0 Å². The maximum atomic E-state index is 13.0. The van der Waals surface area contributed by atoms with Crippen molar-refractivity contribution in [3.8, 4) is 0 Å². The molecule has 1 aliphatic carbocycles. The van der Waals surface area contributed by atoms with Crippen molar-refractivity contribution in [2.24, 2.45) is 5.92 Å². The zero-order valence-corrected chi connectivity index (χ0v) is 12.2. The molecule has 5 heteroatoms. The number of aromatic nitrogens is 1. The largest absolute Gasteiger partial charge is 0.416 e. The summed E-state index contributed by atoms with van der Waals surface area (Å²) in [6, 6.07) is 9.73. The Hall–Kier alpha value is -2.30. The van der Waals surface area contributed by atoms with Crippen molar-refractivity contribution in [1.29, 1.82) is 0 Å². The average Bonchev–Trinajstić information content (AvgIpc) is 3.03. The molecular formula is C18H15F3N2. The Balaban J connectivity index is 1.78. The fourth-order valence-corrected chi connectivity index (χ4v) is 3.62. The number of rotatable bonds is 1. The van der Waals surface area contributed by atoms with E-state index in [1.807, 2.05) is 24.3 Å². The second-order valence-corrected chi connectivity index (χ2v) is 6.03. The van der Waals surface area contributed by atoms with E-state index in [0.29, 0.717) is 0 Å². The van der Waals surface area contributed by atoms with Gasteiger partial charge in [-0.3, -0.25) is 4.98 Å². The predicted molar refractivity (Wildman–Crippen MR) is 82.0 cm³/mol. The fourth-order valence-electron chi connectivity index (χ4n) is 3.62. The summed E-state index contributed by atoms with van der Waals surface area (Å²) in [5.41, 5.74) is 1.83. The number of allylic oxidation sites excluding steroid dienone is 2. The van der Waals surface area contributed by atoms with Gasteiger partial charge in [-0.15, -0.1) is 0 Å². The van der Waals surface area contributed by atoms with Crippen LogP contribution in [0.3, 0.4) is 0 Å². The van der Waals surface area contributed by atoms with E-state index in [9.17, 15) is 13.2 Å². The molecule has 2 aliphatic rings. The van der Waals surface area contributed by atoms with Crippen molar-refractivity contribution in [3.63, 3.8) is 0 Å². The lowest BCUT2D eigenvalue weighted by Gasteiger charge is -2.37. The van der Waals surface area contributed by atoms with Crippen LogP contribution in [0.25, 0.3) is 0 Å². The summed E-state index contributed by atoms with van der Waals surface area (Å²) in [6.07, 6.45) is 2.36. The third-order valence-electron chi connectivity index (χ3n) is 4.70. The molecule has 1 aromatic heterocycles. The predicted octanol–water partition coefficient (Wildman–Crippen LogP) is 4.93. The Morgan fingerprint density at radius 1 is 1.13 bits per heavy atom. The van der Waals surface area contributed by atoms with Gasteiger partial charge in [0.25, 0.3) is 0 Å². The number of nitrogens with one attached hydrogen (secondary N) is 1. The highest BCUT2D eigenvalue weighted by Gasteiger charge is 2.40. The average molecular weight is 316 g/mol. The normalized spacial score (nSPS) is 25.6. The third kappa shape index (κ3) is 2.40. The molecule has 2 aromatic rings. The highest BCUT2D eigenvalue weighted by Crippen LogP contribution is 2.50. The van der Waals surface area contributed by atoms with Crippen LogP contribution in [0.5, 0.6) is 0 Å².